The van der Waals surface area contributed by atoms with E-state index < -0.39 is 0 Å². The van der Waals surface area contributed by atoms with Crippen molar-refractivity contribution in [3.8, 4) is 11.5 Å². The lowest BCUT2D eigenvalue weighted by atomic mass is 9.86. The van der Waals surface area contributed by atoms with Crippen LogP contribution in [0.25, 0.3) is 10.9 Å². The van der Waals surface area contributed by atoms with Gasteiger partial charge in [0.05, 0.1) is 18.6 Å². The van der Waals surface area contributed by atoms with Crippen LogP contribution in [0.4, 0.5) is 0 Å². The van der Waals surface area contributed by atoms with Crippen molar-refractivity contribution in [1.29, 1.82) is 5.41 Å². The fourth-order valence-electron chi connectivity index (χ4n) is 4.87. The van der Waals surface area contributed by atoms with E-state index in [1.54, 1.807) is 4.90 Å². The first-order valence-corrected chi connectivity index (χ1v) is 9.71. The van der Waals surface area contributed by atoms with E-state index in [9.17, 15) is 4.79 Å². The highest BCUT2D eigenvalue weighted by Crippen LogP contribution is 2.44. The number of aromatic amines is 1. The fourth-order valence-corrected chi connectivity index (χ4v) is 4.87. The highest BCUT2D eigenvalue weighted by molar-refractivity contribution is 5.98. The van der Waals surface area contributed by atoms with Gasteiger partial charge in [0, 0.05) is 30.1 Å². The minimum Gasteiger partial charge on any atom is -0.454 e. The number of hydrogen-bond donors (Lipinski definition) is 2. The van der Waals surface area contributed by atoms with Crippen LogP contribution in [0.1, 0.15) is 22.9 Å². The molecule has 1 unspecified atom stereocenters. The number of hydrogen-bond acceptors (Lipinski definition) is 4. The van der Waals surface area contributed by atoms with Gasteiger partial charge in [0.15, 0.2) is 11.5 Å². The van der Waals surface area contributed by atoms with Crippen LogP contribution in [0.5, 0.6) is 11.5 Å². The molecule has 2 N–H and O–H groups in total. The molecule has 3 aromatic rings. The summed E-state index contributed by atoms with van der Waals surface area (Å²) in [7, 11) is 1.82. The van der Waals surface area contributed by atoms with Crippen molar-refractivity contribution in [2.45, 2.75) is 18.5 Å². The molecule has 2 aromatic carbocycles. The minimum absolute atomic E-state index is 0.0282. The second-order valence-electron chi connectivity index (χ2n) is 7.84. The molecule has 0 spiro atoms. The average molecular weight is 388 g/mol. The number of likely N-dealkylation sites (N-methyl/N-ethyl adjacent to an activating group) is 1. The highest BCUT2D eigenvalue weighted by Gasteiger charge is 2.46. The Morgan fingerprint density at radius 1 is 1.14 bits per heavy atom. The van der Waals surface area contributed by atoms with Crippen LogP contribution in [0.3, 0.4) is 0 Å². The van der Waals surface area contributed by atoms with Gasteiger partial charge in [-0.15, -0.1) is 0 Å². The quantitative estimate of drug-likeness (QED) is 0.672. The number of ether oxygens (including phenoxy) is 2. The van der Waals surface area contributed by atoms with Crippen LogP contribution in [-0.2, 0) is 11.2 Å². The summed E-state index contributed by atoms with van der Waals surface area (Å²) in [6.45, 7) is 0.424. The lowest BCUT2D eigenvalue weighted by molar-refractivity contribution is -0.137. The third-order valence-corrected chi connectivity index (χ3v) is 6.23. The summed E-state index contributed by atoms with van der Waals surface area (Å²) in [5, 5.41) is 9.82. The van der Waals surface area contributed by atoms with Gasteiger partial charge < -0.3 is 24.3 Å². The Balaban J connectivity index is 1.59. The smallest absolute Gasteiger partial charge is 0.243 e. The summed E-state index contributed by atoms with van der Waals surface area (Å²) in [6.07, 6.45) is 0.634. The SMILES string of the molecule is CN1CC(=O)N2C(Cc3c([nH]c4ccccc34)[C@H]2c2ccc3c(c2)OCO3)C1=N. The van der Waals surface area contributed by atoms with E-state index >= 15 is 0 Å². The first kappa shape index (κ1) is 16.5. The lowest BCUT2D eigenvalue weighted by Crippen LogP contribution is -2.61. The zero-order valence-corrected chi connectivity index (χ0v) is 15.9. The number of amides is 1. The monoisotopic (exact) mass is 388 g/mol. The molecule has 0 bridgehead atoms. The van der Waals surface area contributed by atoms with E-state index in [-0.39, 0.29) is 31.3 Å². The highest BCUT2D eigenvalue weighted by atomic mass is 16.7. The number of piperazine rings is 1. The van der Waals surface area contributed by atoms with Crippen LogP contribution in [-0.4, -0.2) is 53.0 Å². The second kappa shape index (κ2) is 5.76. The first-order chi connectivity index (χ1) is 14.1. The van der Waals surface area contributed by atoms with Crippen LogP contribution >= 0.6 is 0 Å². The van der Waals surface area contributed by atoms with Crippen molar-refractivity contribution in [2.75, 3.05) is 20.4 Å². The Labute approximate surface area is 167 Å². The predicted molar refractivity (Wildman–Crippen MR) is 107 cm³/mol. The minimum atomic E-state index is -0.299. The molecule has 29 heavy (non-hydrogen) atoms. The molecule has 7 nitrogen and oxygen atoms in total. The summed E-state index contributed by atoms with van der Waals surface area (Å²) in [5.41, 5.74) is 4.21. The molecule has 3 aliphatic rings. The van der Waals surface area contributed by atoms with Crippen molar-refractivity contribution in [3.05, 3.63) is 59.3 Å². The summed E-state index contributed by atoms with van der Waals surface area (Å²) < 4.78 is 11.1. The van der Waals surface area contributed by atoms with Crippen LogP contribution in [0.15, 0.2) is 42.5 Å². The van der Waals surface area contributed by atoms with Gasteiger partial charge in [0.25, 0.3) is 0 Å². The molecular weight excluding hydrogens is 368 g/mol. The normalized spacial score (nSPS) is 22.8. The molecule has 7 heteroatoms. The summed E-state index contributed by atoms with van der Waals surface area (Å²) >= 11 is 0. The van der Waals surface area contributed by atoms with Crippen molar-refractivity contribution >= 4 is 22.6 Å². The van der Waals surface area contributed by atoms with Crippen molar-refractivity contribution in [1.82, 2.24) is 14.8 Å². The number of rotatable bonds is 1. The van der Waals surface area contributed by atoms with E-state index in [1.165, 1.54) is 5.56 Å². The van der Waals surface area contributed by atoms with Gasteiger partial charge in [0.2, 0.25) is 12.7 Å². The molecule has 146 valence electrons. The molecule has 1 saturated heterocycles. The van der Waals surface area contributed by atoms with Gasteiger partial charge in [-0.3, -0.25) is 10.2 Å². The molecule has 0 aliphatic carbocycles. The maximum atomic E-state index is 13.1. The topological polar surface area (TPSA) is 81.7 Å². The van der Waals surface area contributed by atoms with Gasteiger partial charge in [-0.2, -0.15) is 0 Å². The predicted octanol–water partition coefficient (Wildman–Crippen LogP) is 2.66. The number of benzene rings is 2. The Bertz CT molecular complexity index is 1180. The van der Waals surface area contributed by atoms with Crippen molar-refractivity contribution in [3.63, 3.8) is 0 Å². The van der Waals surface area contributed by atoms with E-state index in [4.69, 9.17) is 14.9 Å². The zero-order valence-electron chi connectivity index (χ0n) is 15.9. The van der Waals surface area contributed by atoms with Gasteiger partial charge in [-0.05, 0) is 29.3 Å². The first-order valence-electron chi connectivity index (χ1n) is 9.71. The average Bonchev–Trinajstić information content (AvgIpc) is 3.34. The van der Waals surface area contributed by atoms with E-state index in [1.807, 2.05) is 42.3 Å². The maximum Gasteiger partial charge on any atom is 0.243 e. The lowest BCUT2D eigenvalue weighted by Gasteiger charge is -2.47. The van der Waals surface area contributed by atoms with Gasteiger partial charge >= 0.3 is 0 Å². The number of aromatic nitrogens is 1. The van der Waals surface area contributed by atoms with Crippen LogP contribution in [0, 0.1) is 5.41 Å². The number of fused-ring (bicyclic) bond motifs is 5. The molecule has 3 aliphatic heterocycles. The van der Waals surface area contributed by atoms with E-state index in [0.717, 1.165) is 27.9 Å². The van der Waals surface area contributed by atoms with Crippen LogP contribution in [0.2, 0.25) is 0 Å². The number of nitrogens with zero attached hydrogens (tertiary/aromatic N) is 2. The molecule has 0 radical (unpaired) electrons. The third-order valence-electron chi connectivity index (χ3n) is 6.23. The molecule has 4 heterocycles. The number of para-hydroxylation sites is 1. The maximum absolute atomic E-state index is 13.1. The van der Waals surface area contributed by atoms with Gasteiger partial charge in [0.1, 0.15) is 5.84 Å². The van der Waals surface area contributed by atoms with Crippen molar-refractivity contribution in [2.24, 2.45) is 0 Å². The summed E-state index contributed by atoms with van der Waals surface area (Å²) in [6, 6.07) is 13.5. The Morgan fingerprint density at radius 2 is 1.97 bits per heavy atom. The number of H-pyrrole nitrogens is 1. The summed E-state index contributed by atoms with van der Waals surface area (Å²) in [4.78, 5) is 20.3. The number of carbonyl (C=O) groups excluding carboxylic acids is 1. The zero-order chi connectivity index (χ0) is 19.7. The molecule has 0 saturated carbocycles. The third kappa shape index (κ3) is 2.24. The molecule has 2 atom stereocenters. The molecule has 1 fully saturated rings. The summed E-state index contributed by atoms with van der Waals surface area (Å²) in [5.74, 6) is 1.92. The van der Waals surface area contributed by atoms with E-state index in [0.29, 0.717) is 18.0 Å². The standard InChI is InChI=1S/C22H20N4O3/c1-25-10-19(27)26-16(22(25)23)9-14-13-4-2-3-5-15(13)24-20(14)21(26)12-6-7-17-18(8-12)29-11-28-17/h2-8,16,21,23-24H,9-11H2,1H3/t16?,21-/m1/s1. The largest absolute Gasteiger partial charge is 0.454 e. The number of amidine groups is 1. The van der Waals surface area contributed by atoms with Crippen molar-refractivity contribution < 1.29 is 14.3 Å². The molecule has 1 amide bonds. The Hall–Kier alpha value is -3.48. The Kier molecular flexibility index (Phi) is 3.27. The molecule has 1 aromatic heterocycles. The number of nitrogens with one attached hydrogen (secondary N) is 2. The fraction of sp³-hybridized carbons (Fsp3) is 0.273. The van der Waals surface area contributed by atoms with Gasteiger partial charge in [-0.25, -0.2) is 0 Å². The number of carbonyl (C=O) groups is 1. The molecular formula is C22H20N4O3. The van der Waals surface area contributed by atoms with Crippen LogP contribution < -0.4 is 9.47 Å². The molecule has 6 rings (SSSR count). The van der Waals surface area contributed by atoms with Gasteiger partial charge in [-0.1, -0.05) is 24.3 Å². The second-order valence-corrected chi connectivity index (χ2v) is 7.84. The Morgan fingerprint density at radius 3 is 2.86 bits per heavy atom. The van der Waals surface area contributed by atoms with E-state index in [2.05, 4.69) is 17.1 Å².